The van der Waals surface area contributed by atoms with Gasteiger partial charge in [-0.25, -0.2) is 8.42 Å². The Kier molecular flexibility index (Phi) is 6.93. The van der Waals surface area contributed by atoms with Gasteiger partial charge in [-0.15, -0.1) is 0 Å². The molecule has 1 N–H and O–H groups in total. The van der Waals surface area contributed by atoms with Gasteiger partial charge in [0.05, 0.1) is 27.1 Å². The molecule has 2 aromatic rings. The smallest absolute Gasteiger partial charge is 0.255 e. The minimum Gasteiger partial charge on any atom is -0.493 e. The first-order valence-electron chi connectivity index (χ1n) is 9.86. The normalized spacial score (nSPS) is 14.0. The summed E-state index contributed by atoms with van der Waals surface area (Å²) < 4.78 is 39.5. The summed E-state index contributed by atoms with van der Waals surface area (Å²) in [5.41, 5.74) is 1.66. The van der Waals surface area contributed by atoms with Crippen LogP contribution in [0.15, 0.2) is 36.4 Å². The number of ether oxygens (including phenoxy) is 3. The number of rotatable bonds is 9. The zero-order valence-corrected chi connectivity index (χ0v) is 19.2. The quantitative estimate of drug-likeness (QED) is 0.608. The highest BCUT2D eigenvalue weighted by molar-refractivity contribution is 7.90. The van der Waals surface area contributed by atoms with Crippen LogP contribution < -0.4 is 19.5 Å². The Morgan fingerprint density at radius 1 is 1.09 bits per heavy atom. The van der Waals surface area contributed by atoms with Crippen molar-refractivity contribution in [3.05, 3.63) is 47.5 Å². The van der Waals surface area contributed by atoms with Crippen molar-refractivity contribution in [2.75, 3.05) is 38.7 Å². The van der Waals surface area contributed by atoms with Gasteiger partial charge in [-0.2, -0.15) is 0 Å². The summed E-state index contributed by atoms with van der Waals surface area (Å²) in [7, 11) is 1.04. The number of amides is 2. The van der Waals surface area contributed by atoms with E-state index in [2.05, 4.69) is 5.32 Å². The highest BCUT2D eigenvalue weighted by Gasteiger charge is 2.36. The number of sulfone groups is 1. The number of hydrogen-bond donors (Lipinski definition) is 1. The van der Waals surface area contributed by atoms with Gasteiger partial charge in [0.25, 0.3) is 5.91 Å². The fourth-order valence-corrected chi connectivity index (χ4v) is 4.31. The molecule has 0 radical (unpaired) electrons. The summed E-state index contributed by atoms with van der Waals surface area (Å²) in [5, 5.41) is 2.76. The Hall–Kier alpha value is -3.27. The molecule has 0 fully saturated rings. The lowest BCUT2D eigenvalue weighted by Gasteiger charge is -2.27. The van der Waals surface area contributed by atoms with Crippen LogP contribution >= 0.6 is 0 Å². The summed E-state index contributed by atoms with van der Waals surface area (Å²) >= 11 is 0. The van der Waals surface area contributed by atoms with Crippen LogP contribution in [0.5, 0.6) is 17.2 Å². The molecule has 9 nitrogen and oxygen atoms in total. The summed E-state index contributed by atoms with van der Waals surface area (Å²) in [5.74, 6) is 0.00879. The lowest BCUT2D eigenvalue weighted by Crippen LogP contribution is -2.45. The van der Waals surface area contributed by atoms with E-state index < -0.39 is 21.8 Å². The molecule has 1 heterocycles. The van der Waals surface area contributed by atoms with Crippen molar-refractivity contribution in [3.8, 4) is 17.2 Å². The van der Waals surface area contributed by atoms with E-state index in [9.17, 15) is 18.0 Å². The minimum absolute atomic E-state index is 0.0329. The molecule has 0 saturated heterocycles. The Bertz CT molecular complexity index is 1110. The summed E-state index contributed by atoms with van der Waals surface area (Å²) in [6.07, 6.45) is 1.07. The lowest BCUT2D eigenvalue weighted by molar-refractivity contribution is -0.120. The molecule has 1 aliphatic rings. The molecule has 0 aliphatic carbocycles. The summed E-state index contributed by atoms with van der Waals surface area (Å²) in [6, 6.07) is 9.23. The second-order valence-corrected chi connectivity index (χ2v) is 9.69. The highest BCUT2D eigenvalue weighted by Crippen LogP contribution is 2.40. The van der Waals surface area contributed by atoms with Crippen LogP contribution in [0.25, 0.3) is 0 Å². The van der Waals surface area contributed by atoms with Crippen molar-refractivity contribution in [1.82, 2.24) is 4.90 Å². The van der Waals surface area contributed by atoms with Crippen LogP contribution in [0.3, 0.4) is 0 Å². The molecule has 0 unspecified atom stereocenters. The maximum atomic E-state index is 13.3. The molecule has 0 aromatic heterocycles. The van der Waals surface area contributed by atoms with Crippen molar-refractivity contribution in [3.63, 3.8) is 0 Å². The molecular weight excluding hydrogens is 436 g/mol. The SMILES string of the molecule is COc1cc(NC(=O)[C@@H](CCS(C)(=O)=O)N2Cc3ccccc3C2=O)cc(OC)c1OC. The predicted molar refractivity (Wildman–Crippen MR) is 119 cm³/mol. The Morgan fingerprint density at radius 2 is 1.72 bits per heavy atom. The lowest BCUT2D eigenvalue weighted by atomic mass is 10.1. The van der Waals surface area contributed by atoms with Gasteiger partial charge in [-0.05, 0) is 18.1 Å². The number of carbonyl (C=O) groups is 2. The first kappa shape index (κ1) is 23.4. The molecule has 3 rings (SSSR count). The topological polar surface area (TPSA) is 111 Å². The van der Waals surface area contributed by atoms with Crippen molar-refractivity contribution < 1.29 is 32.2 Å². The highest BCUT2D eigenvalue weighted by atomic mass is 32.2. The maximum Gasteiger partial charge on any atom is 0.255 e. The third-order valence-electron chi connectivity index (χ3n) is 5.22. The van der Waals surface area contributed by atoms with Crippen molar-refractivity contribution in [2.45, 2.75) is 19.0 Å². The predicted octanol–water partition coefficient (Wildman–Crippen LogP) is 2.11. The molecule has 1 aliphatic heterocycles. The van der Waals surface area contributed by atoms with E-state index in [0.717, 1.165) is 11.8 Å². The summed E-state index contributed by atoms with van der Waals surface area (Å²) in [4.78, 5) is 27.6. The Morgan fingerprint density at radius 3 is 2.25 bits per heavy atom. The van der Waals surface area contributed by atoms with E-state index in [0.29, 0.717) is 28.5 Å². The molecule has 10 heteroatoms. The van der Waals surface area contributed by atoms with Crippen LogP contribution in [0, 0.1) is 0 Å². The van der Waals surface area contributed by atoms with Gasteiger partial charge >= 0.3 is 0 Å². The van der Waals surface area contributed by atoms with Crippen molar-refractivity contribution >= 4 is 27.3 Å². The average molecular weight is 463 g/mol. The van der Waals surface area contributed by atoms with E-state index in [1.165, 1.54) is 26.2 Å². The molecule has 0 saturated carbocycles. The number of carbonyl (C=O) groups excluding carboxylic acids is 2. The van der Waals surface area contributed by atoms with Crippen LogP contribution in [0.1, 0.15) is 22.3 Å². The zero-order valence-electron chi connectivity index (χ0n) is 18.4. The van der Waals surface area contributed by atoms with Crippen LogP contribution in [0.2, 0.25) is 0 Å². The molecular formula is C22H26N2O7S. The van der Waals surface area contributed by atoms with Crippen LogP contribution in [0.4, 0.5) is 5.69 Å². The second-order valence-electron chi connectivity index (χ2n) is 7.43. The third-order valence-corrected chi connectivity index (χ3v) is 6.20. The summed E-state index contributed by atoms with van der Waals surface area (Å²) in [6.45, 7) is 0.228. The van der Waals surface area contributed by atoms with E-state index in [4.69, 9.17) is 14.2 Å². The number of nitrogens with zero attached hydrogens (tertiary/aromatic N) is 1. The number of benzene rings is 2. The number of fused-ring (bicyclic) bond motifs is 1. The fraction of sp³-hybridized carbons (Fsp3) is 0.364. The van der Waals surface area contributed by atoms with Gasteiger partial charge in [0, 0.05) is 36.2 Å². The van der Waals surface area contributed by atoms with Crippen LogP contribution in [-0.4, -0.2) is 64.5 Å². The largest absolute Gasteiger partial charge is 0.493 e. The number of nitrogens with one attached hydrogen (secondary N) is 1. The number of hydrogen-bond acceptors (Lipinski definition) is 7. The standard InChI is InChI=1S/C22H26N2O7S/c1-29-18-11-15(12-19(30-2)20(18)31-3)23-21(25)17(9-10-32(4,27)28)24-13-14-7-5-6-8-16(14)22(24)26/h5-8,11-12,17H,9-10,13H2,1-4H3,(H,23,25)/t17-/m1/s1. The monoisotopic (exact) mass is 462 g/mol. The number of methoxy groups -OCH3 is 3. The van der Waals surface area contributed by atoms with Gasteiger partial charge in [0.15, 0.2) is 11.5 Å². The van der Waals surface area contributed by atoms with E-state index in [1.807, 2.05) is 12.1 Å². The van der Waals surface area contributed by atoms with E-state index in [-0.39, 0.29) is 24.6 Å². The maximum absolute atomic E-state index is 13.3. The Labute approximate surface area is 187 Å². The van der Waals surface area contributed by atoms with Gasteiger partial charge < -0.3 is 24.4 Å². The van der Waals surface area contributed by atoms with Gasteiger partial charge in [-0.1, -0.05) is 18.2 Å². The van der Waals surface area contributed by atoms with Gasteiger partial charge in [0.2, 0.25) is 11.7 Å². The molecule has 2 amide bonds. The minimum atomic E-state index is -3.34. The van der Waals surface area contributed by atoms with Crippen molar-refractivity contribution in [2.24, 2.45) is 0 Å². The number of anilines is 1. The van der Waals surface area contributed by atoms with Gasteiger partial charge in [0.1, 0.15) is 15.9 Å². The van der Waals surface area contributed by atoms with E-state index >= 15 is 0 Å². The molecule has 2 aromatic carbocycles. The van der Waals surface area contributed by atoms with Gasteiger partial charge in [-0.3, -0.25) is 9.59 Å². The molecule has 0 bridgehead atoms. The van der Waals surface area contributed by atoms with Crippen LogP contribution in [-0.2, 0) is 21.2 Å². The molecule has 32 heavy (non-hydrogen) atoms. The van der Waals surface area contributed by atoms with Crippen molar-refractivity contribution in [1.29, 1.82) is 0 Å². The third kappa shape index (κ3) is 4.96. The Balaban J connectivity index is 1.91. The second kappa shape index (κ2) is 9.47. The molecule has 1 atom stereocenters. The average Bonchev–Trinajstić information content (AvgIpc) is 3.08. The van der Waals surface area contributed by atoms with E-state index in [1.54, 1.807) is 24.3 Å². The fourth-order valence-electron chi connectivity index (χ4n) is 3.66. The first-order chi connectivity index (χ1) is 15.2. The molecule has 0 spiro atoms. The molecule has 172 valence electrons. The zero-order chi connectivity index (χ0) is 23.5. The first-order valence-corrected chi connectivity index (χ1v) is 11.9.